The zero-order chi connectivity index (χ0) is 19.9. The Morgan fingerprint density at radius 3 is 2.46 bits per heavy atom. The number of hydrogen-bond acceptors (Lipinski definition) is 4. The molecule has 2 heterocycles. The number of anilines is 2. The van der Waals surface area contributed by atoms with Gasteiger partial charge < -0.3 is 5.32 Å². The Balaban J connectivity index is 1.77. The van der Waals surface area contributed by atoms with Crippen molar-refractivity contribution < 1.29 is 13.2 Å². The monoisotopic (exact) mass is 383 g/mol. The quantitative estimate of drug-likeness (QED) is 0.530. The van der Waals surface area contributed by atoms with Crippen LogP contribution < -0.4 is 5.32 Å². The van der Waals surface area contributed by atoms with Gasteiger partial charge in [-0.05, 0) is 38.1 Å². The molecular formula is C20H16F3N5. The fourth-order valence-corrected chi connectivity index (χ4v) is 2.90. The summed E-state index contributed by atoms with van der Waals surface area (Å²) in [5.41, 5.74) is 2.16. The number of rotatable bonds is 3. The van der Waals surface area contributed by atoms with Gasteiger partial charge in [-0.25, -0.2) is 4.98 Å². The minimum atomic E-state index is -4.41. The Labute approximate surface area is 158 Å². The highest BCUT2D eigenvalue weighted by molar-refractivity contribution is 5.63. The molecule has 0 saturated carbocycles. The molecule has 0 fully saturated rings. The molecule has 5 nitrogen and oxygen atoms in total. The number of aromatic nitrogens is 4. The number of nitrogens with one attached hydrogen (secondary N) is 1. The van der Waals surface area contributed by atoms with Crippen LogP contribution in [0.3, 0.4) is 0 Å². The molecular weight excluding hydrogens is 367 g/mol. The first kappa shape index (κ1) is 18.0. The van der Waals surface area contributed by atoms with E-state index in [4.69, 9.17) is 0 Å². The lowest BCUT2D eigenvalue weighted by molar-refractivity contribution is -0.137. The van der Waals surface area contributed by atoms with Crippen molar-refractivity contribution in [3.63, 3.8) is 0 Å². The van der Waals surface area contributed by atoms with E-state index in [1.807, 2.05) is 31.2 Å². The number of hydrogen-bond donors (Lipinski definition) is 1. The molecule has 2 aromatic heterocycles. The maximum atomic E-state index is 13.0. The molecule has 0 atom stereocenters. The van der Waals surface area contributed by atoms with Crippen LogP contribution in [0.25, 0.3) is 17.2 Å². The predicted molar refractivity (Wildman–Crippen MR) is 100 cm³/mol. The molecule has 142 valence electrons. The summed E-state index contributed by atoms with van der Waals surface area (Å²) >= 11 is 0. The molecule has 0 aliphatic rings. The fraction of sp³-hybridized carbons (Fsp3) is 0.150. The molecule has 0 aliphatic heterocycles. The molecule has 28 heavy (non-hydrogen) atoms. The van der Waals surface area contributed by atoms with Crippen molar-refractivity contribution in [1.29, 1.82) is 0 Å². The summed E-state index contributed by atoms with van der Waals surface area (Å²) in [5.74, 6) is 1.34. The van der Waals surface area contributed by atoms with E-state index >= 15 is 0 Å². The fourth-order valence-electron chi connectivity index (χ4n) is 2.90. The highest BCUT2D eigenvalue weighted by atomic mass is 19.4. The summed E-state index contributed by atoms with van der Waals surface area (Å²) in [6, 6.07) is 14.5. The summed E-state index contributed by atoms with van der Waals surface area (Å²) in [7, 11) is 0. The van der Waals surface area contributed by atoms with Gasteiger partial charge >= 0.3 is 6.18 Å². The average molecular weight is 383 g/mol. The Morgan fingerprint density at radius 1 is 0.929 bits per heavy atom. The Hall–Kier alpha value is -3.42. The maximum absolute atomic E-state index is 13.0. The minimum Gasteiger partial charge on any atom is -0.340 e. The van der Waals surface area contributed by atoms with Crippen LogP contribution >= 0.6 is 0 Å². The molecule has 8 heteroatoms. The van der Waals surface area contributed by atoms with E-state index in [0.29, 0.717) is 28.8 Å². The van der Waals surface area contributed by atoms with Crippen molar-refractivity contribution in [2.24, 2.45) is 0 Å². The third kappa shape index (κ3) is 3.53. The molecule has 0 bridgehead atoms. The van der Waals surface area contributed by atoms with Crippen molar-refractivity contribution in [2.75, 3.05) is 5.32 Å². The van der Waals surface area contributed by atoms with Crippen LogP contribution in [-0.4, -0.2) is 19.6 Å². The number of halogens is 3. The number of aryl methyl sites for hydroxylation is 2. The Kier molecular flexibility index (Phi) is 4.26. The van der Waals surface area contributed by atoms with Gasteiger partial charge in [0, 0.05) is 23.0 Å². The maximum Gasteiger partial charge on any atom is 0.416 e. The van der Waals surface area contributed by atoms with Crippen molar-refractivity contribution in [2.45, 2.75) is 20.0 Å². The lowest BCUT2D eigenvalue weighted by atomic mass is 10.1. The van der Waals surface area contributed by atoms with Gasteiger partial charge in [-0.1, -0.05) is 29.8 Å². The zero-order valence-electron chi connectivity index (χ0n) is 15.1. The van der Waals surface area contributed by atoms with Crippen molar-refractivity contribution >= 4 is 17.3 Å². The molecule has 0 aliphatic carbocycles. The summed E-state index contributed by atoms with van der Waals surface area (Å²) in [5, 5.41) is 7.49. The molecule has 0 saturated heterocycles. The number of benzene rings is 2. The predicted octanol–water partition coefficient (Wildman–Crippen LogP) is 5.17. The summed E-state index contributed by atoms with van der Waals surface area (Å²) in [4.78, 5) is 8.84. The molecule has 1 N–H and O–H groups in total. The summed E-state index contributed by atoms with van der Waals surface area (Å²) in [6.45, 7) is 3.76. The zero-order valence-corrected chi connectivity index (χ0v) is 15.1. The lowest BCUT2D eigenvalue weighted by Gasteiger charge is -2.11. The van der Waals surface area contributed by atoms with Crippen molar-refractivity contribution in [3.05, 3.63) is 71.4 Å². The first-order valence-electron chi connectivity index (χ1n) is 8.55. The largest absolute Gasteiger partial charge is 0.416 e. The second-order valence-electron chi connectivity index (χ2n) is 6.50. The standard InChI is InChI=1S/C20H16F3N5/c1-12-5-3-6-14(9-12)18-26-19-24-13(2)10-17(28(19)27-18)25-16-8-4-7-15(11-16)20(21,22)23/h3-11,25H,1-2H3. The smallest absolute Gasteiger partial charge is 0.340 e. The minimum absolute atomic E-state index is 0.300. The van der Waals surface area contributed by atoms with Gasteiger partial charge in [0.1, 0.15) is 5.82 Å². The molecule has 4 rings (SSSR count). The molecule has 0 radical (unpaired) electrons. The third-order valence-corrected chi connectivity index (χ3v) is 4.18. The van der Waals surface area contributed by atoms with Gasteiger partial charge in [-0.2, -0.15) is 22.7 Å². The van der Waals surface area contributed by atoms with Crippen LogP contribution in [0.2, 0.25) is 0 Å². The molecule has 0 unspecified atom stereocenters. The van der Waals surface area contributed by atoms with Gasteiger partial charge in [-0.15, -0.1) is 5.10 Å². The van der Waals surface area contributed by atoms with Gasteiger partial charge in [-0.3, -0.25) is 0 Å². The van der Waals surface area contributed by atoms with Crippen LogP contribution in [-0.2, 0) is 6.18 Å². The second-order valence-corrected chi connectivity index (χ2v) is 6.50. The summed E-state index contributed by atoms with van der Waals surface area (Å²) in [6.07, 6.45) is -4.41. The number of alkyl halides is 3. The molecule has 4 aromatic rings. The van der Waals surface area contributed by atoms with Gasteiger partial charge in [0.25, 0.3) is 5.78 Å². The van der Waals surface area contributed by atoms with E-state index in [-0.39, 0.29) is 0 Å². The van der Waals surface area contributed by atoms with Gasteiger partial charge in [0.15, 0.2) is 5.82 Å². The highest BCUT2D eigenvalue weighted by Gasteiger charge is 2.30. The van der Waals surface area contributed by atoms with Crippen molar-refractivity contribution in [1.82, 2.24) is 19.6 Å². The van der Waals surface area contributed by atoms with Crippen LogP contribution in [0.4, 0.5) is 24.7 Å². The van der Waals surface area contributed by atoms with Crippen LogP contribution in [0.15, 0.2) is 54.6 Å². The second kappa shape index (κ2) is 6.63. The molecule has 2 aromatic carbocycles. The van der Waals surface area contributed by atoms with E-state index in [2.05, 4.69) is 20.4 Å². The van der Waals surface area contributed by atoms with Crippen LogP contribution in [0.5, 0.6) is 0 Å². The van der Waals surface area contributed by atoms with Crippen LogP contribution in [0.1, 0.15) is 16.8 Å². The van der Waals surface area contributed by atoms with E-state index in [9.17, 15) is 13.2 Å². The Morgan fingerprint density at radius 2 is 1.71 bits per heavy atom. The summed E-state index contributed by atoms with van der Waals surface area (Å²) < 4.78 is 40.4. The lowest BCUT2D eigenvalue weighted by Crippen LogP contribution is -2.06. The third-order valence-electron chi connectivity index (χ3n) is 4.18. The molecule has 0 amide bonds. The van der Waals surface area contributed by atoms with E-state index in [1.165, 1.54) is 10.6 Å². The Bertz CT molecular complexity index is 1160. The number of nitrogens with zero attached hydrogens (tertiary/aromatic N) is 4. The van der Waals surface area contributed by atoms with E-state index in [1.54, 1.807) is 19.1 Å². The SMILES string of the molecule is Cc1cccc(-c2nc3nc(C)cc(Nc4cccc(C(F)(F)F)c4)n3n2)c1. The van der Waals surface area contributed by atoms with E-state index in [0.717, 1.165) is 23.3 Å². The van der Waals surface area contributed by atoms with Gasteiger partial charge in [0.05, 0.1) is 5.56 Å². The first-order chi connectivity index (χ1) is 13.3. The van der Waals surface area contributed by atoms with Crippen molar-refractivity contribution in [3.8, 4) is 11.4 Å². The number of fused-ring (bicyclic) bond motifs is 1. The highest BCUT2D eigenvalue weighted by Crippen LogP contribution is 2.31. The topological polar surface area (TPSA) is 55.1 Å². The van der Waals surface area contributed by atoms with E-state index < -0.39 is 11.7 Å². The van der Waals surface area contributed by atoms with Crippen LogP contribution in [0, 0.1) is 13.8 Å². The normalized spacial score (nSPS) is 11.8. The first-order valence-corrected chi connectivity index (χ1v) is 8.55. The average Bonchev–Trinajstić information content (AvgIpc) is 3.05. The molecule has 0 spiro atoms. The van der Waals surface area contributed by atoms with Gasteiger partial charge in [0.2, 0.25) is 0 Å².